The predicted molar refractivity (Wildman–Crippen MR) is 174 cm³/mol. The van der Waals surface area contributed by atoms with Crippen LogP contribution in [0.4, 0.5) is 10.1 Å². The van der Waals surface area contributed by atoms with E-state index >= 15 is 0 Å². The van der Waals surface area contributed by atoms with Gasteiger partial charge in [0, 0.05) is 35.8 Å². The Morgan fingerprint density at radius 3 is 2.56 bits per heavy atom. The van der Waals surface area contributed by atoms with Crippen molar-refractivity contribution in [2.24, 2.45) is 0 Å². The Hall–Kier alpha value is -4.57. The molecule has 0 saturated heterocycles. The molecule has 1 aliphatic rings. The molecule has 41 heavy (non-hydrogen) atoms. The Bertz CT molecular complexity index is 1530. The number of nitrogens with zero attached hydrogens (tertiary/aromatic N) is 2. The maximum atomic E-state index is 14.1. The third-order valence-corrected chi connectivity index (χ3v) is 6.91. The third kappa shape index (κ3) is 8.21. The highest BCUT2D eigenvalue weighted by molar-refractivity contribution is 5.84. The van der Waals surface area contributed by atoms with Gasteiger partial charge in [-0.15, -0.1) is 0 Å². The van der Waals surface area contributed by atoms with Gasteiger partial charge in [0.05, 0.1) is 11.9 Å². The normalized spacial score (nSPS) is 13.2. The van der Waals surface area contributed by atoms with Crippen LogP contribution in [0.15, 0.2) is 134 Å². The highest BCUT2D eigenvalue weighted by Gasteiger charge is 2.12. The zero-order valence-corrected chi connectivity index (χ0v) is 23.4. The molecule has 1 aliphatic carbocycles. The van der Waals surface area contributed by atoms with Crippen molar-refractivity contribution in [3.8, 4) is 11.1 Å². The van der Waals surface area contributed by atoms with E-state index in [9.17, 15) is 4.39 Å². The monoisotopic (exact) mass is 545 g/mol. The van der Waals surface area contributed by atoms with Crippen molar-refractivity contribution in [1.82, 2.24) is 9.97 Å². The molecule has 0 spiro atoms. The van der Waals surface area contributed by atoms with Gasteiger partial charge in [-0.3, -0.25) is 9.97 Å². The van der Waals surface area contributed by atoms with Crippen LogP contribution in [-0.4, -0.2) is 9.97 Å². The summed E-state index contributed by atoms with van der Waals surface area (Å²) in [5.74, 6) is -0.271. The largest absolute Gasteiger partial charge is 0.354 e. The summed E-state index contributed by atoms with van der Waals surface area (Å²) < 4.78 is 14.1. The van der Waals surface area contributed by atoms with Gasteiger partial charge >= 0.3 is 0 Å². The highest BCUT2D eigenvalue weighted by Crippen LogP contribution is 2.30. The van der Waals surface area contributed by atoms with E-state index in [4.69, 9.17) is 0 Å². The number of anilines is 1. The van der Waals surface area contributed by atoms with E-state index in [1.165, 1.54) is 17.2 Å². The lowest BCUT2D eigenvalue weighted by Crippen LogP contribution is -2.03. The smallest absolute Gasteiger partial charge is 0.122 e. The maximum Gasteiger partial charge on any atom is 0.122 e. The second-order valence-electron chi connectivity index (χ2n) is 9.91. The van der Waals surface area contributed by atoms with Crippen LogP contribution < -0.4 is 5.32 Å². The van der Waals surface area contributed by atoms with Crippen LogP contribution >= 0.6 is 0 Å². The third-order valence-electron chi connectivity index (χ3n) is 6.91. The van der Waals surface area contributed by atoms with Gasteiger partial charge < -0.3 is 5.32 Å². The minimum atomic E-state index is -0.271. The molecule has 2 aromatic heterocycles. The number of aromatic nitrogens is 2. The van der Waals surface area contributed by atoms with Gasteiger partial charge in [-0.25, -0.2) is 4.39 Å². The van der Waals surface area contributed by atoms with Crippen molar-refractivity contribution in [2.45, 2.75) is 47.0 Å². The lowest BCUT2D eigenvalue weighted by atomic mass is 9.94. The Morgan fingerprint density at radius 1 is 1.05 bits per heavy atom. The first-order valence-corrected chi connectivity index (χ1v) is 13.5. The molecule has 0 atom stereocenters. The van der Waals surface area contributed by atoms with Crippen LogP contribution in [0.25, 0.3) is 16.7 Å². The number of benzene rings is 1. The van der Waals surface area contributed by atoms with Crippen molar-refractivity contribution in [2.75, 3.05) is 5.32 Å². The van der Waals surface area contributed by atoms with Crippen molar-refractivity contribution < 1.29 is 4.39 Å². The van der Waals surface area contributed by atoms with Gasteiger partial charge in [-0.1, -0.05) is 75.8 Å². The molecule has 0 radical (unpaired) electrons. The SMILES string of the molecule is C.C=C/C=C(Cc1ccc(NC(=C)C(=C)c2cc(-c3cncc(CC4=CCCC=C4)c3)ccc2C)cn1)\C(F)=C/C. The van der Waals surface area contributed by atoms with Crippen LogP contribution in [0.3, 0.4) is 0 Å². The highest BCUT2D eigenvalue weighted by atomic mass is 19.1. The van der Waals surface area contributed by atoms with Gasteiger partial charge in [0.15, 0.2) is 0 Å². The minimum Gasteiger partial charge on any atom is -0.354 e. The van der Waals surface area contributed by atoms with Crippen LogP contribution in [0.2, 0.25) is 0 Å². The summed E-state index contributed by atoms with van der Waals surface area (Å²) in [5, 5.41) is 3.32. The number of hydrogen-bond acceptors (Lipinski definition) is 3. The van der Waals surface area contributed by atoms with Crippen molar-refractivity contribution in [1.29, 1.82) is 0 Å². The quantitative estimate of drug-likeness (QED) is 0.244. The van der Waals surface area contributed by atoms with Gasteiger partial charge in [0.1, 0.15) is 5.83 Å². The fourth-order valence-electron chi connectivity index (χ4n) is 4.66. The van der Waals surface area contributed by atoms with Gasteiger partial charge in [0.25, 0.3) is 0 Å². The Labute approximate surface area is 245 Å². The second kappa shape index (κ2) is 14.7. The lowest BCUT2D eigenvalue weighted by molar-refractivity contribution is 0.642. The first-order valence-electron chi connectivity index (χ1n) is 13.5. The Kier molecular flexibility index (Phi) is 11.1. The number of pyridine rings is 2. The molecule has 0 unspecified atom stereocenters. The van der Waals surface area contributed by atoms with Gasteiger partial charge in [-0.05, 0) is 96.3 Å². The summed E-state index contributed by atoms with van der Waals surface area (Å²) in [4.78, 5) is 9.03. The first-order chi connectivity index (χ1) is 19.4. The van der Waals surface area contributed by atoms with Crippen LogP contribution in [0.5, 0.6) is 0 Å². The van der Waals surface area contributed by atoms with Crippen LogP contribution in [0, 0.1) is 6.92 Å². The summed E-state index contributed by atoms with van der Waals surface area (Å²) in [7, 11) is 0. The number of allylic oxidation sites excluding steroid dienone is 10. The molecule has 1 aromatic carbocycles. The Morgan fingerprint density at radius 2 is 1.88 bits per heavy atom. The zero-order valence-electron chi connectivity index (χ0n) is 23.4. The van der Waals surface area contributed by atoms with E-state index in [2.05, 4.69) is 84.4 Å². The van der Waals surface area contributed by atoms with Crippen molar-refractivity contribution in [3.05, 3.63) is 156 Å². The van der Waals surface area contributed by atoms with Crippen LogP contribution in [0.1, 0.15) is 49.6 Å². The predicted octanol–water partition coefficient (Wildman–Crippen LogP) is 10.1. The fourth-order valence-corrected chi connectivity index (χ4v) is 4.66. The summed E-state index contributed by atoms with van der Waals surface area (Å²) in [5.41, 5.74) is 10.4. The molecule has 4 rings (SSSR count). The number of rotatable bonds is 11. The van der Waals surface area contributed by atoms with Crippen LogP contribution in [-0.2, 0) is 12.8 Å². The number of nitrogens with one attached hydrogen (secondary N) is 1. The van der Waals surface area contributed by atoms with Gasteiger partial charge in [-0.2, -0.15) is 0 Å². The zero-order chi connectivity index (χ0) is 28.5. The molecule has 210 valence electrons. The Balaban J connectivity index is 0.00000462. The summed E-state index contributed by atoms with van der Waals surface area (Å²) >= 11 is 0. The second-order valence-corrected chi connectivity index (χ2v) is 9.91. The molecule has 0 aliphatic heterocycles. The van der Waals surface area contributed by atoms with E-state index in [0.29, 0.717) is 17.7 Å². The molecule has 0 amide bonds. The standard InChI is InChI=1S/C36H36FN3.CH4/c1-6-11-31(36(37)7-2)20-33-16-17-34(24-39-33)40-27(5)26(4)35-21-30(15-14-25(35)3)32-19-29(22-38-23-32)18-28-12-9-8-10-13-28;/h6-7,9,11-17,19,21-24,40H,1,4-5,8,10,18,20H2,2-3H3;1H4/b31-11-,36-7+;. The molecule has 4 heteroatoms. The van der Waals surface area contributed by atoms with E-state index < -0.39 is 0 Å². The first kappa shape index (κ1) is 31.0. The average Bonchev–Trinajstić information content (AvgIpc) is 2.98. The van der Waals surface area contributed by atoms with Crippen molar-refractivity contribution >= 4 is 11.3 Å². The molecule has 3 aromatic rings. The summed E-state index contributed by atoms with van der Waals surface area (Å²) in [6, 6.07) is 12.4. The van der Waals surface area contributed by atoms with E-state index in [0.717, 1.165) is 58.5 Å². The topological polar surface area (TPSA) is 37.8 Å². The molecular formula is C37H40FN3. The van der Waals surface area contributed by atoms with E-state index in [-0.39, 0.29) is 13.3 Å². The molecule has 0 saturated carbocycles. The maximum absolute atomic E-state index is 14.1. The molecule has 2 heterocycles. The number of hydrogen-bond donors (Lipinski definition) is 1. The lowest BCUT2D eigenvalue weighted by Gasteiger charge is -2.16. The molecular weight excluding hydrogens is 505 g/mol. The van der Waals surface area contributed by atoms with Gasteiger partial charge in [0.2, 0.25) is 0 Å². The van der Waals surface area contributed by atoms with E-state index in [1.54, 1.807) is 25.3 Å². The minimum absolute atomic E-state index is 0. The number of aryl methyl sites for hydroxylation is 1. The van der Waals surface area contributed by atoms with Crippen molar-refractivity contribution in [3.63, 3.8) is 0 Å². The number of halogens is 1. The molecule has 0 bridgehead atoms. The average molecular weight is 546 g/mol. The van der Waals surface area contributed by atoms with E-state index in [1.807, 2.05) is 24.5 Å². The fraction of sp³-hybridized carbons (Fsp3) is 0.189. The molecule has 0 fully saturated rings. The molecule has 3 nitrogen and oxygen atoms in total. The summed E-state index contributed by atoms with van der Waals surface area (Å²) in [6.07, 6.45) is 20.5. The summed E-state index contributed by atoms with van der Waals surface area (Å²) in [6.45, 7) is 16.0. The molecule has 1 N–H and O–H groups in total.